The Morgan fingerprint density at radius 2 is 1.60 bits per heavy atom. The van der Waals surface area contributed by atoms with Gasteiger partial charge in [0, 0.05) is 19.1 Å². The molecule has 0 radical (unpaired) electrons. The van der Waals surface area contributed by atoms with Gasteiger partial charge in [-0.15, -0.1) is 0 Å². The monoisotopic (exact) mass is 344 g/mol. The summed E-state index contributed by atoms with van der Waals surface area (Å²) >= 11 is 0. The smallest absolute Gasteiger partial charge is 0.261 e. The number of carbonyl (C=O) groups is 2. The van der Waals surface area contributed by atoms with Crippen LogP contribution in [0.15, 0.2) is 42.5 Å². The van der Waals surface area contributed by atoms with Gasteiger partial charge >= 0.3 is 0 Å². The standard InChI is InChI=1S/C19H18F2N2O2/c1-12(13-7-8-16(20)17(21)11-13)22(2)9-10-23-18(24)14-5-3-4-6-15(14)19(23)25/h3-8,11-12H,9-10H2,1-2H3. The molecule has 2 aromatic rings. The fourth-order valence-corrected chi connectivity index (χ4v) is 2.92. The number of carbonyl (C=O) groups excluding carboxylic acids is 2. The van der Waals surface area contributed by atoms with Crippen molar-refractivity contribution < 1.29 is 18.4 Å². The van der Waals surface area contributed by atoms with Gasteiger partial charge in [0.25, 0.3) is 11.8 Å². The average molecular weight is 344 g/mol. The van der Waals surface area contributed by atoms with Crippen LogP contribution in [0.25, 0.3) is 0 Å². The topological polar surface area (TPSA) is 40.6 Å². The van der Waals surface area contributed by atoms with E-state index in [0.29, 0.717) is 23.2 Å². The molecule has 0 fully saturated rings. The number of nitrogens with zero attached hydrogens (tertiary/aromatic N) is 2. The zero-order chi connectivity index (χ0) is 18.1. The Kier molecular flexibility index (Phi) is 4.63. The van der Waals surface area contributed by atoms with E-state index < -0.39 is 11.6 Å². The minimum atomic E-state index is -0.891. The number of amides is 2. The minimum Gasteiger partial charge on any atom is -0.298 e. The van der Waals surface area contributed by atoms with Crippen LogP contribution in [-0.2, 0) is 0 Å². The lowest BCUT2D eigenvalue weighted by Gasteiger charge is -2.27. The fraction of sp³-hybridized carbons (Fsp3) is 0.263. The van der Waals surface area contributed by atoms with Crippen LogP contribution in [0.1, 0.15) is 39.2 Å². The summed E-state index contributed by atoms with van der Waals surface area (Å²) in [7, 11) is 1.81. The molecule has 0 saturated heterocycles. The molecule has 0 bridgehead atoms. The Morgan fingerprint density at radius 3 is 2.16 bits per heavy atom. The van der Waals surface area contributed by atoms with E-state index in [-0.39, 0.29) is 24.4 Å². The van der Waals surface area contributed by atoms with Gasteiger partial charge in [0.15, 0.2) is 11.6 Å². The van der Waals surface area contributed by atoms with Gasteiger partial charge < -0.3 is 0 Å². The first kappa shape index (κ1) is 17.2. The molecule has 1 aliphatic rings. The summed E-state index contributed by atoms with van der Waals surface area (Å²) in [4.78, 5) is 27.8. The summed E-state index contributed by atoms with van der Waals surface area (Å²) in [5, 5.41) is 0. The van der Waals surface area contributed by atoms with E-state index in [9.17, 15) is 18.4 Å². The average Bonchev–Trinajstić information content (AvgIpc) is 2.86. The summed E-state index contributed by atoms with van der Waals surface area (Å²) in [5.74, 6) is -2.37. The normalized spacial score (nSPS) is 15.0. The molecule has 0 N–H and O–H groups in total. The van der Waals surface area contributed by atoms with Gasteiger partial charge in [-0.25, -0.2) is 8.78 Å². The zero-order valence-corrected chi connectivity index (χ0v) is 14.0. The van der Waals surface area contributed by atoms with Gasteiger partial charge in [0.2, 0.25) is 0 Å². The van der Waals surface area contributed by atoms with Crippen molar-refractivity contribution in [2.24, 2.45) is 0 Å². The summed E-state index contributed by atoms with van der Waals surface area (Å²) in [6, 6.07) is 10.3. The summed E-state index contributed by atoms with van der Waals surface area (Å²) in [6.07, 6.45) is 0. The van der Waals surface area contributed by atoms with Gasteiger partial charge in [-0.3, -0.25) is 19.4 Å². The Hall–Kier alpha value is -2.60. The second-order valence-corrected chi connectivity index (χ2v) is 6.14. The van der Waals surface area contributed by atoms with Gasteiger partial charge in [0.1, 0.15) is 0 Å². The second-order valence-electron chi connectivity index (χ2n) is 6.14. The predicted octanol–water partition coefficient (Wildman–Crippen LogP) is 3.25. The molecule has 0 aromatic heterocycles. The minimum absolute atomic E-state index is 0.190. The van der Waals surface area contributed by atoms with Crippen molar-refractivity contribution in [1.29, 1.82) is 0 Å². The van der Waals surface area contributed by atoms with Crippen molar-refractivity contribution in [2.75, 3.05) is 20.1 Å². The lowest BCUT2D eigenvalue weighted by Crippen LogP contribution is -2.37. The maximum absolute atomic E-state index is 13.4. The molecule has 1 unspecified atom stereocenters. The van der Waals surface area contributed by atoms with Crippen molar-refractivity contribution in [3.8, 4) is 0 Å². The summed E-state index contributed by atoms with van der Waals surface area (Å²) in [6.45, 7) is 2.51. The van der Waals surface area contributed by atoms with Crippen LogP contribution >= 0.6 is 0 Å². The highest BCUT2D eigenvalue weighted by Crippen LogP contribution is 2.24. The number of rotatable bonds is 5. The molecule has 0 saturated carbocycles. The zero-order valence-electron chi connectivity index (χ0n) is 14.0. The SMILES string of the molecule is CC(c1ccc(F)c(F)c1)N(C)CCN1C(=O)c2ccccc2C1=O. The molecular weight excluding hydrogens is 326 g/mol. The molecular formula is C19H18F2N2O2. The van der Waals surface area contributed by atoms with E-state index in [4.69, 9.17) is 0 Å². The first-order valence-corrected chi connectivity index (χ1v) is 8.00. The predicted molar refractivity (Wildman–Crippen MR) is 89.2 cm³/mol. The number of hydrogen-bond acceptors (Lipinski definition) is 3. The molecule has 0 aliphatic carbocycles. The van der Waals surface area contributed by atoms with E-state index in [2.05, 4.69) is 0 Å². The van der Waals surface area contributed by atoms with Crippen LogP contribution in [-0.4, -0.2) is 41.8 Å². The van der Waals surface area contributed by atoms with E-state index in [1.165, 1.54) is 17.0 Å². The first-order valence-electron chi connectivity index (χ1n) is 8.00. The lowest BCUT2D eigenvalue weighted by atomic mass is 10.1. The number of benzene rings is 2. The molecule has 3 rings (SSSR count). The summed E-state index contributed by atoms with van der Waals surface area (Å²) < 4.78 is 26.5. The van der Waals surface area contributed by atoms with Crippen molar-refractivity contribution >= 4 is 11.8 Å². The highest BCUT2D eigenvalue weighted by molar-refractivity contribution is 6.21. The largest absolute Gasteiger partial charge is 0.298 e. The molecule has 6 heteroatoms. The van der Waals surface area contributed by atoms with Crippen LogP contribution < -0.4 is 0 Å². The van der Waals surface area contributed by atoms with Crippen molar-refractivity contribution in [3.63, 3.8) is 0 Å². The number of fused-ring (bicyclic) bond motifs is 1. The van der Waals surface area contributed by atoms with Crippen molar-refractivity contribution in [1.82, 2.24) is 9.80 Å². The maximum atomic E-state index is 13.4. The molecule has 1 atom stereocenters. The van der Waals surface area contributed by atoms with Gasteiger partial charge in [-0.05, 0) is 43.8 Å². The van der Waals surface area contributed by atoms with Crippen LogP contribution in [0, 0.1) is 11.6 Å². The highest BCUT2D eigenvalue weighted by atomic mass is 19.2. The third-order valence-corrected chi connectivity index (χ3v) is 4.64. The molecule has 4 nitrogen and oxygen atoms in total. The second kappa shape index (κ2) is 6.72. The van der Waals surface area contributed by atoms with E-state index in [0.717, 1.165) is 6.07 Å². The first-order chi connectivity index (χ1) is 11.9. The third kappa shape index (κ3) is 3.17. The van der Waals surface area contributed by atoms with Crippen molar-refractivity contribution in [3.05, 3.63) is 70.8 Å². The molecule has 1 heterocycles. The molecule has 130 valence electrons. The summed E-state index contributed by atoms with van der Waals surface area (Å²) in [5.41, 5.74) is 1.47. The molecule has 2 amide bonds. The van der Waals surface area contributed by atoms with E-state index in [1.54, 1.807) is 24.3 Å². The van der Waals surface area contributed by atoms with Gasteiger partial charge in [-0.2, -0.15) is 0 Å². The molecule has 0 spiro atoms. The van der Waals surface area contributed by atoms with Crippen LogP contribution in [0.5, 0.6) is 0 Å². The Balaban J connectivity index is 1.66. The lowest BCUT2D eigenvalue weighted by molar-refractivity contribution is 0.0634. The number of imide groups is 1. The molecule has 25 heavy (non-hydrogen) atoms. The quantitative estimate of drug-likeness (QED) is 0.782. The van der Waals surface area contributed by atoms with Crippen LogP contribution in [0.3, 0.4) is 0 Å². The van der Waals surface area contributed by atoms with E-state index >= 15 is 0 Å². The Bertz CT molecular complexity index is 803. The number of likely N-dealkylation sites (N-methyl/N-ethyl adjacent to an activating group) is 1. The number of hydrogen-bond donors (Lipinski definition) is 0. The third-order valence-electron chi connectivity index (χ3n) is 4.64. The van der Waals surface area contributed by atoms with Crippen LogP contribution in [0.4, 0.5) is 8.78 Å². The van der Waals surface area contributed by atoms with Crippen molar-refractivity contribution in [2.45, 2.75) is 13.0 Å². The van der Waals surface area contributed by atoms with Crippen LogP contribution in [0.2, 0.25) is 0 Å². The van der Waals surface area contributed by atoms with Gasteiger partial charge in [-0.1, -0.05) is 18.2 Å². The van der Waals surface area contributed by atoms with Gasteiger partial charge in [0.05, 0.1) is 11.1 Å². The molecule has 1 aliphatic heterocycles. The maximum Gasteiger partial charge on any atom is 0.261 e. The Labute approximate surface area is 144 Å². The fourth-order valence-electron chi connectivity index (χ4n) is 2.92. The van der Waals surface area contributed by atoms with E-state index in [1.807, 2.05) is 18.9 Å². The highest BCUT2D eigenvalue weighted by Gasteiger charge is 2.34. The molecule has 2 aromatic carbocycles. The number of halogens is 2. The Morgan fingerprint density at radius 1 is 1.00 bits per heavy atom.